The Kier molecular flexibility index (Phi) is 6.59. The van der Waals surface area contributed by atoms with Gasteiger partial charge in [-0.1, -0.05) is 0 Å². The summed E-state index contributed by atoms with van der Waals surface area (Å²) in [6, 6.07) is 8.22. The fraction of sp³-hybridized carbons (Fsp3) is 0.300. The number of aryl methyl sites for hydroxylation is 1. The molecule has 0 bridgehead atoms. The van der Waals surface area contributed by atoms with Gasteiger partial charge in [0.1, 0.15) is 12.1 Å². The molecule has 0 saturated heterocycles. The predicted molar refractivity (Wildman–Crippen MR) is 107 cm³/mol. The van der Waals surface area contributed by atoms with E-state index in [1.54, 1.807) is 29.7 Å². The molecule has 0 aliphatic heterocycles. The number of oxazole rings is 1. The van der Waals surface area contributed by atoms with Crippen molar-refractivity contribution in [3.63, 3.8) is 0 Å². The van der Waals surface area contributed by atoms with Crippen molar-refractivity contribution in [2.24, 2.45) is 4.99 Å². The second kappa shape index (κ2) is 9.32. The van der Waals surface area contributed by atoms with Crippen LogP contribution in [0.4, 0.5) is 4.39 Å². The van der Waals surface area contributed by atoms with Crippen molar-refractivity contribution < 1.29 is 8.81 Å². The molecule has 27 heavy (non-hydrogen) atoms. The lowest BCUT2D eigenvalue weighted by atomic mass is 10.2. The van der Waals surface area contributed by atoms with Crippen molar-refractivity contribution >= 4 is 17.3 Å². The lowest BCUT2D eigenvalue weighted by Gasteiger charge is -2.10. The molecule has 3 aromatic rings. The molecule has 0 atom stereocenters. The molecule has 0 saturated carbocycles. The summed E-state index contributed by atoms with van der Waals surface area (Å²) in [6.45, 7) is 6.29. The van der Waals surface area contributed by atoms with Gasteiger partial charge in [0.2, 0.25) is 5.89 Å². The molecule has 0 amide bonds. The number of aliphatic imine (C=N–C) groups is 1. The van der Waals surface area contributed by atoms with Crippen LogP contribution in [0, 0.1) is 12.7 Å². The van der Waals surface area contributed by atoms with E-state index in [-0.39, 0.29) is 5.82 Å². The van der Waals surface area contributed by atoms with Gasteiger partial charge in [0.25, 0.3) is 0 Å². The Hall–Kier alpha value is -2.67. The molecule has 0 aliphatic carbocycles. The summed E-state index contributed by atoms with van der Waals surface area (Å²) in [7, 11) is 0. The standard InChI is InChI=1S/C20H23FN4OS/c1-3-22-20(24-12-18-14(2)9-11-27-18)23-10-8-17-13-26-19(25-17)15-4-6-16(21)7-5-15/h4-7,9,11,13H,3,8,10,12H2,1-2H3,(H2,22,23,24). The SMILES string of the molecule is CCNC(=NCc1sccc1C)NCCc1coc(-c2ccc(F)cc2)n1. The Morgan fingerprint density at radius 1 is 1.22 bits per heavy atom. The maximum atomic E-state index is 13.0. The van der Waals surface area contributed by atoms with Crippen molar-refractivity contribution in [1.29, 1.82) is 0 Å². The van der Waals surface area contributed by atoms with Crippen LogP contribution in [0.25, 0.3) is 11.5 Å². The van der Waals surface area contributed by atoms with E-state index in [0.29, 0.717) is 25.4 Å². The van der Waals surface area contributed by atoms with Gasteiger partial charge in [-0.05, 0) is 55.1 Å². The Morgan fingerprint density at radius 2 is 2.04 bits per heavy atom. The van der Waals surface area contributed by atoms with Crippen LogP contribution in [-0.2, 0) is 13.0 Å². The van der Waals surface area contributed by atoms with Crippen molar-refractivity contribution in [3.05, 3.63) is 63.9 Å². The fourth-order valence-corrected chi connectivity index (χ4v) is 3.34. The van der Waals surface area contributed by atoms with Crippen molar-refractivity contribution in [2.75, 3.05) is 13.1 Å². The van der Waals surface area contributed by atoms with Crippen LogP contribution in [0.2, 0.25) is 0 Å². The number of halogens is 1. The number of guanidine groups is 1. The minimum atomic E-state index is -0.275. The Labute approximate surface area is 162 Å². The van der Waals surface area contributed by atoms with E-state index in [2.05, 4.69) is 39.0 Å². The summed E-state index contributed by atoms with van der Waals surface area (Å²) < 4.78 is 18.5. The number of aromatic nitrogens is 1. The van der Waals surface area contributed by atoms with E-state index in [1.165, 1.54) is 22.6 Å². The Morgan fingerprint density at radius 3 is 2.74 bits per heavy atom. The molecule has 2 N–H and O–H groups in total. The lowest BCUT2D eigenvalue weighted by Crippen LogP contribution is -2.38. The third-order valence-corrected chi connectivity index (χ3v) is 5.02. The molecule has 5 nitrogen and oxygen atoms in total. The highest BCUT2D eigenvalue weighted by atomic mass is 32.1. The first kappa shape index (κ1) is 19.1. The summed E-state index contributed by atoms with van der Waals surface area (Å²) in [5, 5.41) is 8.66. The first-order chi connectivity index (χ1) is 13.2. The summed E-state index contributed by atoms with van der Waals surface area (Å²) in [4.78, 5) is 10.4. The zero-order valence-electron chi connectivity index (χ0n) is 15.5. The van der Waals surface area contributed by atoms with Gasteiger partial charge in [0, 0.05) is 30.0 Å². The summed E-state index contributed by atoms with van der Waals surface area (Å²) in [5.41, 5.74) is 2.87. The van der Waals surface area contributed by atoms with Gasteiger partial charge in [-0.3, -0.25) is 0 Å². The molecule has 0 spiro atoms. The third kappa shape index (κ3) is 5.40. The maximum absolute atomic E-state index is 13.0. The molecule has 2 aromatic heterocycles. The summed E-state index contributed by atoms with van der Waals surface area (Å²) in [5.74, 6) is 1.01. The molecule has 0 unspecified atom stereocenters. The number of hydrogen-bond donors (Lipinski definition) is 2. The average molecular weight is 386 g/mol. The highest BCUT2D eigenvalue weighted by Gasteiger charge is 2.07. The van der Waals surface area contributed by atoms with Crippen LogP contribution in [0.3, 0.4) is 0 Å². The molecular weight excluding hydrogens is 363 g/mol. The van der Waals surface area contributed by atoms with E-state index in [0.717, 1.165) is 23.8 Å². The number of rotatable bonds is 7. The van der Waals surface area contributed by atoms with Crippen LogP contribution in [0.1, 0.15) is 23.1 Å². The van der Waals surface area contributed by atoms with Crippen LogP contribution in [-0.4, -0.2) is 24.0 Å². The van der Waals surface area contributed by atoms with Crippen molar-refractivity contribution in [2.45, 2.75) is 26.8 Å². The van der Waals surface area contributed by atoms with E-state index < -0.39 is 0 Å². The average Bonchev–Trinajstić information content (AvgIpc) is 3.29. The molecule has 0 fully saturated rings. The van der Waals surface area contributed by atoms with Crippen LogP contribution in [0.5, 0.6) is 0 Å². The highest BCUT2D eigenvalue weighted by molar-refractivity contribution is 7.10. The number of hydrogen-bond acceptors (Lipinski definition) is 4. The smallest absolute Gasteiger partial charge is 0.226 e. The van der Waals surface area contributed by atoms with E-state index in [4.69, 9.17) is 4.42 Å². The van der Waals surface area contributed by atoms with Crippen molar-refractivity contribution in [3.8, 4) is 11.5 Å². The maximum Gasteiger partial charge on any atom is 0.226 e. The third-order valence-electron chi connectivity index (χ3n) is 4.01. The molecule has 0 aliphatic rings. The topological polar surface area (TPSA) is 62.5 Å². The normalized spacial score (nSPS) is 11.6. The molecule has 7 heteroatoms. The van der Waals surface area contributed by atoms with Crippen LogP contribution in [0.15, 0.2) is 51.4 Å². The predicted octanol–water partition coefficient (Wildman–Crippen LogP) is 4.15. The van der Waals surface area contributed by atoms with Gasteiger partial charge in [0.05, 0.1) is 12.2 Å². The number of nitrogens with zero attached hydrogens (tertiary/aromatic N) is 2. The first-order valence-corrected chi connectivity index (χ1v) is 9.79. The molecule has 3 rings (SSSR count). The first-order valence-electron chi connectivity index (χ1n) is 8.91. The van der Waals surface area contributed by atoms with Crippen molar-refractivity contribution in [1.82, 2.24) is 15.6 Å². The van der Waals surface area contributed by atoms with E-state index >= 15 is 0 Å². The van der Waals surface area contributed by atoms with E-state index in [1.807, 2.05) is 6.92 Å². The number of thiophene rings is 1. The van der Waals surface area contributed by atoms with Gasteiger partial charge in [-0.2, -0.15) is 0 Å². The van der Waals surface area contributed by atoms with Gasteiger partial charge in [0.15, 0.2) is 5.96 Å². The lowest BCUT2D eigenvalue weighted by molar-refractivity contribution is 0.571. The van der Waals surface area contributed by atoms with Gasteiger partial charge in [-0.25, -0.2) is 14.4 Å². The highest BCUT2D eigenvalue weighted by Crippen LogP contribution is 2.19. The van der Waals surface area contributed by atoms with Gasteiger partial charge in [-0.15, -0.1) is 11.3 Å². The quantitative estimate of drug-likeness (QED) is 0.473. The van der Waals surface area contributed by atoms with Gasteiger partial charge < -0.3 is 15.1 Å². The molecular formula is C20H23FN4OS. The minimum Gasteiger partial charge on any atom is -0.444 e. The minimum absolute atomic E-state index is 0.275. The van der Waals surface area contributed by atoms with Gasteiger partial charge >= 0.3 is 0 Å². The Balaban J connectivity index is 1.54. The Bertz CT molecular complexity index is 886. The van der Waals surface area contributed by atoms with Crippen LogP contribution < -0.4 is 10.6 Å². The van der Waals surface area contributed by atoms with Crippen LogP contribution >= 0.6 is 11.3 Å². The second-order valence-corrected chi connectivity index (χ2v) is 7.05. The molecule has 142 valence electrons. The largest absolute Gasteiger partial charge is 0.444 e. The molecule has 0 radical (unpaired) electrons. The van der Waals surface area contributed by atoms with E-state index in [9.17, 15) is 4.39 Å². The fourth-order valence-electron chi connectivity index (χ4n) is 2.51. The summed E-state index contributed by atoms with van der Waals surface area (Å²) >= 11 is 1.72. The molecule has 1 aromatic carbocycles. The summed E-state index contributed by atoms with van der Waals surface area (Å²) in [6.07, 6.45) is 2.34. The number of nitrogens with one attached hydrogen (secondary N) is 2. The monoisotopic (exact) mass is 386 g/mol. The number of benzene rings is 1. The molecule has 2 heterocycles. The zero-order chi connectivity index (χ0) is 19.1. The second-order valence-electron chi connectivity index (χ2n) is 6.05. The zero-order valence-corrected chi connectivity index (χ0v) is 16.3.